The summed E-state index contributed by atoms with van der Waals surface area (Å²) >= 11 is 0. The molecule has 1 unspecified atom stereocenters. The summed E-state index contributed by atoms with van der Waals surface area (Å²) in [6.07, 6.45) is 5.47. The fraction of sp³-hybridized carbons (Fsp3) is 0.692. The number of aromatic carboxylic acids is 1. The van der Waals surface area contributed by atoms with Crippen molar-refractivity contribution in [1.29, 1.82) is 0 Å². The average Bonchev–Trinajstić information content (AvgIpc) is 2.95. The number of nitrogens with zero attached hydrogens (tertiary/aromatic N) is 1. The van der Waals surface area contributed by atoms with Crippen LogP contribution < -0.4 is 0 Å². The molecule has 0 aromatic carbocycles. The Hall–Kier alpha value is -1.36. The molecule has 1 aliphatic rings. The molecule has 1 aliphatic heterocycles. The van der Waals surface area contributed by atoms with Crippen LogP contribution in [0.2, 0.25) is 0 Å². The number of ether oxygens (including phenoxy) is 1. The van der Waals surface area contributed by atoms with Crippen molar-refractivity contribution in [3.05, 3.63) is 17.3 Å². The average molecular weight is 253 g/mol. The van der Waals surface area contributed by atoms with Crippen molar-refractivity contribution < 1.29 is 19.1 Å². The van der Waals surface area contributed by atoms with E-state index in [1.807, 2.05) is 6.92 Å². The summed E-state index contributed by atoms with van der Waals surface area (Å²) in [5.74, 6) is -0.514. The Morgan fingerprint density at radius 1 is 1.50 bits per heavy atom. The monoisotopic (exact) mass is 253 g/mol. The number of hydrogen-bond acceptors (Lipinski definition) is 4. The van der Waals surface area contributed by atoms with Crippen LogP contribution in [0.3, 0.4) is 0 Å². The highest BCUT2D eigenvalue weighted by Crippen LogP contribution is 2.19. The fourth-order valence-corrected chi connectivity index (χ4v) is 2.24. The maximum atomic E-state index is 11.0. The van der Waals surface area contributed by atoms with Gasteiger partial charge in [0.25, 0.3) is 0 Å². The van der Waals surface area contributed by atoms with E-state index >= 15 is 0 Å². The van der Waals surface area contributed by atoms with Crippen LogP contribution in [0, 0.1) is 0 Å². The highest BCUT2D eigenvalue weighted by atomic mass is 16.5. The largest absolute Gasteiger partial charge is 0.475 e. The Morgan fingerprint density at radius 2 is 2.33 bits per heavy atom. The van der Waals surface area contributed by atoms with Gasteiger partial charge in [-0.3, -0.25) is 0 Å². The van der Waals surface area contributed by atoms with Gasteiger partial charge < -0.3 is 14.3 Å². The number of carboxylic acid groups (broad SMARTS) is 1. The van der Waals surface area contributed by atoms with Crippen LogP contribution in [-0.2, 0) is 17.6 Å². The van der Waals surface area contributed by atoms with E-state index in [1.54, 1.807) is 0 Å². The minimum Gasteiger partial charge on any atom is -0.475 e. The van der Waals surface area contributed by atoms with Gasteiger partial charge in [0.05, 0.1) is 11.8 Å². The Bertz CT molecular complexity index is 407. The van der Waals surface area contributed by atoms with E-state index < -0.39 is 5.97 Å². The van der Waals surface area contributed by atoms with Crippen molar-refractivity contribution in [2.24, 2.45) is 0 Å². The van der Waals surface area contributed by atoms with Crippen molar-refractivity contribution in [2.75, 3.05) is 6.61 Å². The zero-order valence-corrected chi connectivity index (χ0v) is 10.6. The fourth-order valence-electron chi connectivity index (χ4n) is 2.24. The van der Waals surface area contributed by atoms with Gasteiger partial charge in [-0.15, -0.1) is 0 Å². The summed E-state index contributed by atoms with van der Waals surface area (Å²) in [5.41, 5.74) is 0.562. The molecule has 0 spiro atoms. The number of carbonyl (C=O) groups is 1. The molecule has 1 aromatic heterocycles. The molecular weight excluding hydrogens is 234 g/mol. The van der Waals surface area contributed by atoms with Gasteiger partial charge >= 0.3 is 5.97 Å². The first-order valence-corrected chi connectivity index (χ1v) is 6.54. The first kappa shape index (κ1) is 13.1. The second-order valence-electron chi connectivity index (χ2n) is 4.61. The van der Waals surface area contributed by atoms with Gasteiger partial charge in [-0.25, -0.2) is 9.78 Å². The van der Waals surface area contributed by atoms with Crippen LogP contribution in [0.25, 0.3) is 0 Å². The number of aryl methyl sites for hydroxylation is 2. The predicted molar refractivity (Wildman–Crippen MR) is 64.8 cm³/mol. The van der Waals surface area contributed by atoms with E-state index in [-0.39, 0.29) is 11.9 Å². The Kier molecular flexibility index (Phi) is 4.36. The highest BCUT2D eigenvalue weighted by Gasteiger charge is 2.21. The summed E-state index contributed by atoms with van der Waals surface area (Å²) in [4.78, 5) is 15.3. The van der Waals surface area contributed by atoms with E-state index in [0.29, 0.717) is 24.4 Å². The van der Waals surface area contributed by atoms with Crippen LogP contribution in [0.15, 0.2) is 4.42 Å². The van der Waals surface area contributed by atoms with Gasteiger partial charge in [0.1, 0.15) is 0 Å². The number of oxazole rings is 1. The lowest BCUT2D eigenvalue weighted by atomic mass is 10.1. The third-order valence-corrected chi connectivity index (χ3v) is 3.13. The number of rotatable bonds is 6. The number of hydrogen-bond donors (Lipinski definition) is 1. The predicted octanol–water partition coefficient (Wildman–Crippen LogP) is 2.44. The minimum atomic E-state index is -1.03. The highest BCUT2D eigenvalue weighted by molar-refractivity contribution is 5.85. The van der Waals surface area contributed by atoms with E-state index in [0.717, 1.165) is 32.3 Å². The second kappa shape index (κ2) is 6.00. The summed E-state index contributed by atoms with van der Waals surface area (Å²) in [7, 11) is 0. The quantitative estimate of drug-likeness (QED) is 0.843. The normalized spacial score (nSPS) is 19.3. The lowest BCUT2D eigenvalue weighted by Gasteiger charge is -2.05. The Balaban J connectivity index is 1.99. The van der Waals surface area contributed by atoms with Gasteiger partial charge in [-0.1, -0.05) is 13.3 Å². The summed E-state index contributed by atoms with van der Waals surface area (Å²) in [6.45, 7) is 2.82. The molecule has 1 fully saturated rings. The van der Waals surface area contributed by atoms with Crippen LogP contribution in [0.5, 0.6) is 0 Å². The Labute approximate surface area is 106 Å². The Morgan fingerprint density at radius 3 is 2.94 bits per heavy atom. The molecular formula is C13H19NO4. The van der Waals surface area contributed by atoms with Gasteiger partial charge in [0.15, 0.2) is 5.89 Å². The molecule has 2 rings (SSSR count). The third-order valence-electron chi connectivity index (χ3n) is 3.13. The van der Waals surface area contributed by atoms with Crippen molar-refractivity contribution in [2.45, 2.75) is 51.6 Å². The molecule has 100 valence electrons. The molecule has 18 heavy (non-hydrogen) atoms. The number of carboxylic acids is 1. The molecule has 5 nitrogen and oxygen atoms in total. The molecule has 2 heterocycles. The van der Waals surface area contributed by atoms with Crippen LogP contribution in [-0.4, -0.2) is 28.8 Å². The summed E-state index contributed by atoms with van der Waals surface area (Å²) in [5, 5.41) is 9.03. The van der Waals surface area contributed by atoms with E-state index in [1.165, 1.54) is 0 Å². The van der Waals surface area contributed by atoms with Crippen molar-refractivity contribution in [3.63, 3.8) is 0 Å². The van der Waals surface area contributed by atoms with Gasteiger partial charge in [-0.2, -0.15) is 0 Å². The molecule has 1 saturated heterocycles. The summed E-state index contributed by atoms with van der Waals surface area (Å²) < 4.78 is 10.8. The van der Waals surface area contributed by atoms with Gasteiger partial charge in [0, 0.05) is 13.0 Å². The molecule has 0 bridgehead atoms. The SMILES string of the molecule is CCCc1nc(CCC2CCCO2)oc1C(=O)O. The second-order valence-corrected chi connectivity index (χ2v) is 4.61. The molecule has 0 aliphatic carbocycles. The van der Waals surface area contributed by atoms with Gasteiger partial charge in [-0.05, 0) is 25.7 Å². The smallest absolute Gasteiger partial charge is 0.373 e. The topological polar surface area (TPSA) is 72.6 Å². The van der Waals surface area contributed by atoms with Gasteiger partial charge in [0.2, 0.25) is 5.76 Å². The molecule has 0 radical (unpaired) electrons. The van der Waals surface area contributed by atoms with E-state index in [9.17, 15) is 4.79 Å². The third kappa shape index (κ3) is 3.10. The zero-order valence-electron chi connectivity index (χ0n) is 10.6. The van der Waals surface area contributed by atoms with Crippen LogP contribution in [0.1, 0.15) is 54.7 Å². The lowest BCUT2D eigenvalue weighted by Crippen LogP contribution is -2.06. The standard InChI is InChI=1S/C13H19NO4/c1-2-4-10-12(13(15)16)18-11(14-10)7-6-9-5-3-8-17-9/h9H,2-8H2,1H3,(H,15,16). The van der Waals surface area contributed by atoms with E-state index in [2.05, 4.69) is 4.98 Å². The molecule has 0 saturated carbocycles. The zero-order chi connectivity index (χ0) is 13.0. The maximum absolute atomic E-state index is 11.0. The molecule has 1 atom stereocenters. The van der Waals surface area contributed by atoms with Crippen molar-refractivity contribution >= 4 is 5.97 Å². The molecule has 1 aromatic rings. The molecule has 1 N–H and O–H groups in total. The maximum Gasteiger partial charge on any atom is 0.373 e. The van der Waals surface area contributed by atoms with Crippen LogP contribution >= 0.6 is 0 Å². The first-order chi connectivity index (χ1) is 8.70. The first-order valence-electron chi connectivity index (χ1n) is 6.54. The minimum absolute atomic E-state index is 0.000750. The van der Waals surface area contributed by atoms with Crippen molar-refractivity contribution in [1.82, 2.24) is 4.98 Å². The molecule has 5 heteroatoms. The number of aromatic nitrogens is 1. The lowest BCUT2D eigenvalue weighted by molar-refractivity contribution is 0.0657. The van der Waals surface area contributed by atoms with Crippen LogP contribution in [0.4, 0.5) is 0 Å². The van der Waals surface area contributed by atoms with E-state index in [4.69, 9.17) is 14.3 Å². The molecule has 0 amide bonds. The van der Waals surface area contributed by atoms with Crippen molar-refractivity contribution in [3.8, 4) is 0 Å². The summed E-state index contributed by atoms with van der Waals surface area (Å²) in [6, 6.07) is 0.